The molecule has 1 saturated carbocycles. The Hall–Kier alpha value is -3.01. The van der Waals surface area contributed by atoms with Gasteiger partial charge >= 0.3 is 0 Å². The van der Waals surface area contributed by atoms with E-state index in [0.717, 1.165) is 31.2 Å². The molecule has 4 atom stereocenters. The van der Waals surface area contributed by atoms with Crippen molar-refractivity contribution in [2.24, 2.45) is 11.8 Å². The molecule has 4 rings (SSSR count). The van der Waals surface area contributed by atoms with Crippen LogP contribution in [0.3, 0.4) is 0 Å². The summed E-state index contributed by atoms with van der Waals surface area (Å²) >= 11 is 0. The first kappa shape index (κ1) is 26.1. The van der Waals surface area contributed by atoms with Crippen molar-refractivity contribution >= 4 is 21.7 Å². The van der Waals surface area contributed by atoms with Crippen LogP contribution >= 0.6 is 0 Å². The van der Waals surface area contributed by atoms with Crippen molar-refractivity contribution in [1.29, 1.82) is 0 Å². The van der Waals surface area contributed by atoms with Gasteiger partial charge in [0.25, 0.3) is 5.91 Å². The van der Waals surface area contributed by atoms with E-state index in [0.29, 0.717) is 6.42 Å². The van der Waals surface area contributed by atoms with Crippen molar-refractivity contribution in [3.63, 3.8) is 0 Å². The molecule has 0 radical (unpaired) electrons. The zero-order valence-electron chi connectivity index (χ0n) is 20.6. The van der Waals surface area contributed by atoms with E-state index in [-0.39, 0.29) is 39.6 Å². The largest absolute Gasteiger partial charge is 0.494 e. The van der Waals surface area contributed by atoms with Crippen molar-refractivity contribution < 1.29 is 31.5 Å². The summed E-state index contributed by atoms with van der Waals surface area (Å²) in [7, 11) is -2.28. The van der Waals surface area contributed by atoms with Crippen LogP contribution in [0.4, 0.5) is 8.78 Å². The Morgan fingerprint density at radius 1 is 1.11 bits per heavy atom. The van der Waals surface area contributed by atoms with Crippen LogP contribution in [0.15, 0.2) is 41.3 Å². The number of benzene rings is 2. The Balaban J connectivity index is 1.62. The van der Waals surface area contributed by atoms with Crippen molar-refractivity contribution in [1.82, 2.24) is 10.2 Å². The molecule has 2 aliphatic rings. The molecule has 10 heteroatoms. The third kappa shape index (κ3) is 5.09. The number of ether oxygens (including phenoxy) is 1. The van der Waals surface area contributed by atoms with E-state index in [1.807, 2.05) is 13.8 Å². The molecule has 36 heavy (non-hydrogen) atoms. The Morgan fingerprint density at radius 3 is 2.42 bits per heavy atom. The maximum absolute atomic E-state index is 14.9. The predicted octanol–water partition coefficient (Wildman–Crippen LogP) is 3.88. The van der Waals surface area contributed by atoms with Crippen molar-refractivity contribution in [3.8, 4) is 5.75 Å². The fourth-order valence-corrected chi connectivity index (χ4v) is 5.52. The number of hydrogen-bond donors (Lipinski definition) is 1. The van der Waals surface area contributed by atoms with E-state index in [1.54, 1.807) is 0 Å². The lowest BCUT2D eigenvalue weighted by atomic mass is 9.99. The van der Waals surface area contributed by atoms with Crippen LogP contribution in [0.5, 0.6) is 5.75 Å². The molecule has 0 aromatic heterocycles. The van der Waals surface area contributed by atoms with E-state index < -0.39 is 45.4 Å². The molecule has 2 fully saturated rings. The predicted molar refractivity (Wildman–Crippen MR) is 129 cm³/mol. The summed E-state index contributed by atoms with van der Waals surface area (Å²) in [6.45, 7) is 3.77. The maximum Gasteiger partial charge on any atom is 0.254 e. The zero-order valence-corrected chi connectivity index (χ0v) is 21.4. The molecule has 1 aliphatic carbocycles. The first-order valence-electron chi connectivity index (χ1n) is 11.9. The molecule has 1 aliphatic heterocycles. The van der Waals surface area contributed by atoms with Gasteiger partial charge in [0.2, 0.25) is 5.91 Å². The number of carbonyl (C=O) groups is 2. The molecule has 0 bridgehead atoms. The van der Waals surface area contributed by atoms with Crippen molar-refractivity contribution in [2.75, 3.05) is 13.4 Å². The molecule has 2 aromatic carbocycles. The van der Waals surface area contributed by atoms with Gasteiger partial charge in [-0.2, -0.15) is 0 Å². The summed E-state index contributed by atoms with van der Waals surface area (Å²) < 4.78 is 58.1. The van der Waals surface area contributed by atoms with Gasteiger partial charge in [-0.25, -0.2) is 17.2 Å². The molecule has 1 heterocycles. The second kappa shape index (κ2) is 9.80. The Morgan fingerprint density at radius 2 is 1.81 bits per heavy atom. The van der Waals surface area contributed by atoms with Crippen LogP contribution in [0.25, 0.3) is 0 Å². The topological polar surface area (TPSA) is 92.8 Å². The standard InChI is InChI=1S/C26H30F2N2O5S/c1-14-10-22(30(15(14)2)26(32)17-6-5-7-18(11-17)36(4,33)34)25(31)29-24(16-8-9-16)19-12-21(28)23(35-3)13-20(19)27/h5-7,11-16,22,24H,8-10H2,1-4H3,(H,29,31)/t14-,15-,22-,24?/m1/s1. The van der Waals surface area contributed by atoms with Crippen LogP contribution in [0.1, 0.15) is 55.1 Å². The smallest absolute Gasteiger partial charge is 0.254 e. The van der Waals surface area contributed by atoms with Gasteiger partial charge in [-0.15, -0.1) is 0 Å². The summed E-state index contributed by atoms with van der Waals surface area (Å²) in [6, 6.07) is 5.89. The molecule has 0 spiro atoms. The quantitative estimate of drug-likeness (QED) is 0.598. The minimum atomic E-state index is -3.52. The highest BCUT2D eigenvalue weighted by Gasteiger charge is 2.45. The minimum Gasteiger partial charge on any atom is -0.494 e. The summed E-state index contributed by atoms with van der Waals surface area (Å²) in [4.78, 5) is 28.5. The van der Waals surface area contributed by atoms with Gasteiger partial charge in [0.05, 0.1) is 18.0 Å². The van der Waals surface area contributed by atoms with Crippen LogP contribution in [-0.4, -0.2) is 50.6 Å². The number of amides is 2. The number of hydrogen-bond acceptors (Lipinski definition) is 5. The van der Waals surface area contributed by atoms with Crippen LogP contribution < -0.4 is 10.1 Å². The third-order valence-corrected chi connectivity index (χ3v) is 8.35. The van der Waals surface area contributed by atoms with E-state index in [9.17, 15) is 26.8 Å². The molecule has 1 N–H and O–H groups in total. The first-order valence-corrected chi connectivity index (χ1v) is 13.8. The SMILES string of the molecule is COc1cc(F)c(C(NC(=O)[C@H]2C[C@@H](C)[C@@H](C)N2C(=O)c2cccc(S(C)(=O)=O)c2)C2CC2)cc1F. The first-order chi connectivity index (χ1) is 16.9. The van der Waals surface area contributed by atoms with Gasteiger partial charge < -0.3 is 15.0 Å². The second-order valence-electron chi connectivity index (χ2n) is 9.81. The normalized spacial score (nSPS) is 22.8. The fraction of sp³-hybridized carbons (Fsp3) is 0.462. The number of nitrogens with zero attached hydrogens (tertiary/aromatic N) is 1. The van der Waals surface area contributed by atoms with E-state index in [2.05, 4.69) is 5.32 Å². The van der Waals surface area contributed by atoms with E-state index in [4.69, 9.17) is 4.74 Å². The van der Waals surface area contributed by atoms with E-state index >= 15 is 0 Å². The van der Waals surface area contributed by atoms with Gasteiger partial charge in [0, 0.05) is 29.5 Å². The van der Waals surface area contributed by atoms with Crippen molar-refractivity contribution in [2.45, 2.75) is 56.1 Å². The summed E-state index contributed by atoms with van der Waals surface area (Å²) in [5.74, 6) is -2.57. The molecule has 1 saturated heterocycles. The molecular weight excluding hydrogens is 490 g/mol. The number of rotatable bonds is 7. The average Bonchev–Trinajstić information content (AvgIpc) is 3.63. The van der Waals surface area contributed by atoms with Gasteiger partial charge in [-0.3, -0.25) is 9.59 Å². The van der Waals surface area contributed by atoms with Gasteiger partial charge in [-0.05, 0) is 62.3 Å². The average molecular weight is 521 g/mol. The highest BCUT2D eigenvalue weighted by atomic mass is 32.2. The lowest BCUT2D eigenvalue weighted by Crippen LogP contribution is -2.49. The summed E-state index contributed by atoms with van der Waals surface area (Å²) in [5, 5.41) is 2.88. The monoisotopic (exact) mass is 520 g/mol. The van der Waals surface area contributed by atoms with Gasteiger partial charge in [0.15, 0.2) is 21.4 Å². The highest BCUT2D eigenvalue weighted by molar-refractivity contribution is 7.90. The molecule has 7 nitrogen and oxygen atoms in total. The Labute approximate surface area is 209 Å². The lowest BCUT2D eigenvalue weighted by Gasteiger charge is -2.30. The number of methoxy groups -OCH3 is 1. The van der Waals surface area contributed by atoms with Gasteiger partial charge in [-0.1, -0.05) is 13.0 Å². The van der Waals surface area contributed by atoms with Crippen LogP contribution in [-0.2, 0) is 14.6 Å². The number of likely N-dealkylation sites (tertiary alicyclic amines) is 1. The van der Waals surface area contributed by atoms with Crippen molar-refractivity contribution in [3.05, 3.63) is 59.2 Å². The molecule has 2 aromatic rings. The van der Waals surface area contributed by atoms with Crippen LogP contribution in [0.2, 0.25) is 0 Å². The summed E-state index contributed by atoms with van der Waals surface area (Å²) in [5.41, 5.74) is 0.209. The molecule has 194 valence electrons. The maximum atomic E-state index is 14.9. The summed E-state index contributed by atoms with van der Waals surface area (Å²) in [6.07, 6.45) is 2.97. The Kier molecular flexibility index (Phi) is 7.10. The highest BCUT2D eigenvalue weighted by Crippen LogP contribution is 2.43. The van der Waals surface area contributed by atoms with Gasteiger partial charge in [0.1, 0.15) is 11.9 Å². The fourth-order valence-electron chi connectivity index (χ4n) is 4.86. The molecule has 1 unspecified atom stereocenters. The zero-order chi connectivity index (χ0) is 26.4. The second-order valence-corrected chi connectivity index (χ2v) is 11.8. The Bertz CT molecular complexity index is 1300. The molecule has 2 amide bonds. The minimum absolute atomic E-state index is 0.00247. The third-order valence-electron chi connectivity index (χ3n) is 7.24. The molecular formula is C26H30F2N2O5S. The lowest BCUT2D eigenvalue weighted by molar-refractivity contribution is -0.126. The number of nitrogens with one attached hydrogen (secondary N) is 1. The van der Waals surface area contributed by atoms with E-state index in [1.165, 1.54) is 36.3 Å². The number of halogens is 2. The number of carbonyl (C=O) groups excluding carboxylic acids is 2. The van der Waals surface area contributed by atoms with Crippen LogP contribution in [0, 0.1) is 23.5 Å². The number of sulfone groups is 1.